The SMILES string of the molecule is COc1ccccc1Cn1ccnc1SCC(=O)Nc1c(C)cc(C)cc1C. The molecule has 1 heterocycles. The molecule has 0 saturated heterocycles. The molecule has 0 atom stereocenters. The summed E-state index contributed by atoms with van der Waals surface area (Å²) in [6, 6.07) is 12.1. The van der Waals surface area contributed by atoms with Crippen molar-refractivity contribution in [2.75, 3.05) is 18.2 Å². The number of carbonyl (C=O) groups is 1. The van der Waals surface area contributed by atoms with E-state index in [0.717, 1.165) is 33.3 Å². The molecule has 3 aromatic rings. The van der Waals surface area contributed by atoms with Crippen molar-refractivity contribution in [1.29, 1.82) is 0 Å². The van der Waals surface area contributed by atoms with E-state index >= 15 is 0 Å². The lowest BCUT2D eigenvalue weighted by molar-refractivity contribution is -0.113. The van der Waals surface area contributed by atoms with Gasteiger partial charge in [0.1, 0.15) is 5.75 Å². The average Bonchev–Trinajstić information content (AvgIpc) is 3.10. The molecule has 1 aromatic heterocycles. The fourth-order valence-corrected chi connectivity index (χ4v) is 4.01. The van der Waals surface area contributed by atoms with E-state index in [1.807, 2.05) is 48.9 Å². The van der Waals surface area contributed by atoms with E-state index in [0.29, 0.717) is 12.3 Å². The van der Waals surface area contributed by atoms with Crippen LogP contribution in [0.25, 0.3) is 0 Å². The zero-order chi connectivity index (χ0) is 20.1. The quantitative estimate of drug-likeness (QED) is 0.594. The van der Waals surface area contributed by atoms with Crippen LogP contribution in [-0.2, 0) is 11.3 Å². The molecule has 0 unspecified atom stereocenters. The molecule has 0 saturated carbocycles. The smallest absolute Gasteiger partial charge is 0.234 e. The minimum absolute atomic E-state index is 0.0353. The van der Waals surface area contributed by atoms with Gasteiger partial charge in [-0.1, -0.05) is 47.7 Å². The second kappa shape index (κ2) is 8.97. The summed E-state index contributed by atoms with van der Waals surface area (Å²) in [7, 11) is 1.67. The number of carbonyl (C=O) groups excluding carboxylic acids is 1. The summed E-state index contributed by atoms with van der Waals surface area (Å²) >= 11 is 1.43. The summed E-state index contributed by atoms with van der Waals surface area (Å²) in [4.78, 5) is 16.9. The van der Waals surface area contributed by atoms with E-state index in [9.17, 15) is 4.79 Å². The molecule has 0 bridgehead atoms. The summed E-state index contributed by atoms with van der Waals surface area (Å²) in [5.41, 5.74) is 5.32. The molecule has 0 aliphatic rings. The van der Waals surface area contributed by atoms with Crippen molar-refractivity contribution in [2.45, 2.75) is 32.5 Å². The number of aromatic nitrogens is 2. The number of thioether (sulfide) groups is 1. The first kappa shape index (κ1) is 20.0. The maximum atomic E-state index is 12.5. The van der Waals surface area contributed by atoms with Crippen molar-refractivity contribution in [2.24, 2.45) is 0 Å². The van der Waals surface area contributed by atoms with Crippen LogP contribution in [0.15, 0.2) is 53.9 Å². The number of hydrogen-bond acceptors (Lipinski definition) is 4. The molecular weight excluding hydrogens is 370 g/mol. The molecule has 0 fully saturated rings. The van der Waals surface area contributed by atoms with Gasteiger partial charge >= 0.3 is 0 Å². The van der Waals surface area contributed by atoms with Gasteiger partial charge in [0.2, 0.25) is 5.91 Å². The lowest BCUT2D eigenvalue weighted by atomic mass is 10.1. The Morgan fingerprint density at radius 2 is 1.89 bits per heavy atom. The third kappa shape index (κ3) is 4.75. The van der Waals surface area contributed by atoms with Gasteiger partial charge in [-0.2, -0.15) is 0 Å². The molecule has 3 rings (SSSR count). The van der Waals surface area contributed by atoms with Gasteiger partial charge in [0.25, 0.3) is 0 Å². The largest absolute Gasteiger partial charge is 0.496 e. The van der Waals surface area contributed by atoms with E-state index in [-0.39, 0.29) is 5.91 Å². The highest BCUT2D eigenvalue weighted by Gasteiger charge is 2.12. The highest BCUT2D eigenvalue weighted by atomic mass is 32.2. The first-order valence-electron chi connectivity index (χ1n) is 9.11. The second-order valence-electron chi connectivity index (χ2n) is 6.76. The molecule has 0 aliphatic carbocycles. The highest BCUT2D eigenvalue weighted by molar-refractivity contribution is 7.99. The first-order valence-corrected chi connectivity index (χ1v) is 10.1. The molecule has 6 heteroatoms. The lowest BCUT2D eigenvalue weighted by Gasteiger charge is -2.13. The van der Waals surface area contributed by atoms with Gasteiger partial charge in [0.15, 0.2) is 5.16 Å². The van der Waals surface area contributed by atoms with Crippen molar-refractivity contribution >= 4 is 23.4 Å². The predicted octanol–water partition coefficient (Wildman–Crippen LogP) is 4.60. The Kier molecular flexibility index (Phi) is 6.41. The van der Waals surface area contributed by atoms with Gasteiger partial charge < -0.3 is 14.6 Å². The van der Waals surface area contributed by atoms with Gasteiger partial charge in [0.05, 0.1) is 19.4 Å². The van der Waals surface area contributed by atoms with Crippen LogP contribution in [0.1, 0.15) is 22.3 Å². The van der Waals surface area contributed by atoms with E-state index in [4.69, 9.17) is 4.74 Å². The van der Waals surface area contributed by atoms with Gasteiger partial charge in [-0.25, -0.2) is 4.98 Å². The standard InChI is InChI=1S/C22H25N3O2S/c1-15-11-16(2)21(17(3)12-15)24-20(26)14-28-22-23-9-10-25(22)13-18-7-5-6-8-19(18)27-4/h5-12H,13-14H2,1-4H3,(H,24,26). The van der Waals surface area contributed by atoms with Gasteiger partial charge in [-0.15, -0.1) is 0 Å². The monoisotopic (exact) mass is 395 g/mol. The maximum Gasteiger partial charge on any atom is 0.234 e. The van der Waals surface area contributed by atoms with Crippen LogP contribution in [0.5, 0.6) is 5.75 Å². The van der Waals surface area contributed by atoms with Crippen LogP contribution < -0.4 is 10.1 Å². The zero-order valence-corrected chi connectivity index (χ0v) is 17.5. The van der Waals surface area contributed by atoms with Crippen LogP contribution in [0, 0.1) is 20.8 Å². The third-order valence-electron chi connectivity index (χ3n) is 4.48. The molecule has 146 valence electrons. The highest BCUT2D eigenvalue weighted by Crippen LogP contribution is 2.24. The van der Waals surface area contributed by atoms with Crippen LogP contribution >= 0.6 is 11.8 Å². The molecule has 28 heavy (non-hydrogen) atoms. The van der Waals surface area contributed by atoms with Crippen molar-refractivity contribution in [3.05, 3.63) is 71.0 Å². The number of nitrogens with one attached hydrogen (secondary N) is 1. The number of para-hydroxylation sites is 1. The van der Waals surface area contributed by atoms with E-state index < -0.39 is 0 Å². The Labute approximate surface area is 170 Å². The molecular formula is C22H25N3O2S. The Hall–Kier alpha value is -2.73. The molecule has 0 spiro atoms. The number of amides is 1. The minimum Gasteiger partial charge on any atom is -0.496 e. The molecule has 0 aliphatic heterocycles. The average molecular weight is 396 g/mol. The number of benzene rings is 2. The summed E-state index contributed by atoms with van der Waals surface area (Å²) < 4.78 is 7.45. The van der Waals surface area contributed by atoms with Crippen molar-refractivity contribution < 1.29 is 9.53 Å². The van der Waals surface area contributed by atoms with Gasteiger partial charge in [-0.05, 0) is 38.0 Å². The van der Waals surface area contributed by atoms with Gasteiger partial charge in [-0.3, -0.25) is 4.79 Å². The number of hydrogen-bond donors (Lipinski definition) is 1. The van der Waals surface area contributed by atoms with E-state index in [1.165, 1.54) is 17.3 Å². The van der Waals surface area contributed by atoms with Gasteiger partial charge in [0, 0.05) is 23.6 Å². The number of ether oxygens (including phenoxy) is 1. The maximum absolute atomic E-state index is 12.5. The van der Waals surface area contributed by atoms with Crippen LogP contribution in [0.4, 0.5) is 5.69 Å². The van der Waals surface area contributed by atoms with Crippen molar-refractivity contribution in [3.63, 3.8) is 0 Å². The molecule has 2 aromatic carbocycles. The second-order valence-corrected chi connectivity index (χ2v) is 7.70. The van der Waals surface area contributed by atoms with Crippen molar-refractivity contribution in [3.8, 4) is 5.75 Å². The molecule has 0 radical (unpaired) electrons. The summed E-state index contributed by atoms with van der Waals surface area (Å²) in [6.45, 7) is 6.73. The topological polar surface area (TPSA) is 56.2 Å². The number of rotatable bonds is 7. The Morgan fingerprint density at radius 1 is 1.18 bits per heavy atom. The molecule has 1 N–H and O–H groups in total. The number of nitrogens with zero attached hydrogens (tertiary/aromatic N) is 2. The van der Waals surface area contributed by atoms with E-state index in [1.54, 1.807) is 13.3 Å². The van der Waals surface area contributed by atoms with Crippen LogP contribution in [0.2, 0.25) is 0 Å². The van der Waals surface area contributed by atoms with E-state index in [2.05, 4.69) is 29.4 Å². The normalized spacial score (nSPS) is 10.7. The fraction of sp³-hybridized carbons (Fsp3) is 0.273. The Morgan fingerprint density at radius 3 is 2.61 bits per heavy atom. The fourth-order valence-electron chi connectivity index (χ4n) is 3.26. The number of anilines is 1. The van der Waals surface area contributed by atoms with Crippen molar-refractivity contribution in [1.82, 2.24) is 9.55 Å². The number of aryl methyl sites for hydroxylation is 3. The minimum atomic E-state index is -0.0353. The summed E-state index contributed by atoms with van der Waals surface area (Å²) in [6.07, 6.45) is 3.67. The Bertz CT molecular complexity index is 958. The molecule has 5 nitrogen and oxygen atoms in total. The summed E-state index contributed by atoms with van der Waals surface area (Å²) in [5.74, 6) is 1.11. The van der Waals surface area contributed by atoms with Crippen LogP contribution in [-0.4, -0.2) is 28.3 Å². The Balaban J connectivity index is 1.65. The predicted molar refractivity (Wildman–Crippen MR) is 114 cm³/mol. The molecule has 1 amide bonds. The first-order chi connectivity index (χ1) is 13.5. The summed E-state index contributed by atoms with van der Waals surface area (Å²) in [5, 5.41) is 3.84. The lowest BCUT2D eigenvalue weighted by Crippen LogP contribution is -2.16. The number of methoxy groups -OCH3 is 1. The third-order valence-corrected chi connectivity index (χ3v) is 5.49. The zero-order valence-electron chi connectivity index (χ0n) is 16.7. The van der Waals surface area contributed by atoms with Crippen LogP contribution in [0.3, 0.4) is 0 Å². The number of imidazole rings is 1.